The lowest BCUT2D eigenvalue weighted by Crippen LogP contribution is -2.31. The average Bonchev–Trinajstić information content (AvgIpc) is 2.75. The van der Waals surface area contributed by atoms with Gasteiger partial charge < -0.3 is 5.32 Å². The molecule has 17 heavy (non-hydrogen) atoms. The van der Waals surface area contributed by atoms with E-state index in [2.05, 4.69) is 12.2 Å². The molecule has 1 nitrogen and oxygen atoms in total. The van der Waals surface area contributed by atoms with E-state index in [9.17, 15) is 8.78 Å². The molecule has 0 spiro atoms. The van der Waals surface area contributed by atoms with Gasteiger partial charge in [0.05, 0.1) is 0 Å². The van der Waals surface area contributed by atoms with Gasteiger partial charge in [0, 0.05) is 24.2 Å². The van der Waals surface area contributed by atoms with Crippen molar-refractivity contribution in [1.82, 2.24) is 5.32 Å². The summed E-state index contributed by atoms with van der Waals surface area (Å²) in [5.41, 5.74) is 0.549. The summed E-state index contributed by atoms with van der Waals surface area (Å²) in [7, 11) is 0. The van der Waals surface area contributed by atoms with Crippen molar-refractivity contribution in [3.05, 3.63) is 35.4 Å². The number of hydrogen-bond donors (Lipinski definition) is 1. The Morgan fingerprint density at radius 3 is 2.82 bits per heavy atom. The van der Waals surface area contributed by atoms with Gasteiger partial charge in [0.2, 0.25) is 0 Å². The summed E-state index contributed by atoms with van der Waals surface area (Å²) in [6.45, 7) is 2.69. The lowest BCUT2D eigenvalue weighted by Gasteiger charge is -2.19. The highest BCUT2D eigenvalue weighted by molar-refractivity contribution is 5.18. The Morgan fingerprint density at radius 2 is 2.12 bits per heavy atom. The molecule has 0 amide bonds. The van der Waals surface area contributed by atoms with Gasteiger partial charge in [0.15, 0.2) is 0 Å². The van der Waals surface area contributed by atoms with Gasteiger partial charge in [-0.3, -0.25) is 0 Å². The Morgan fingerprint density at radius 1 is 1.29 bits per heavy atom. The Bertz CT molecular complexity index is 378. The van der Waals surface area contributed by atoms with Crippen LogP contribution in [0.2, 0.25) is 0 Å². The first kappa shape index (κ1) is 12.5. The minimum atomic E-state index is -0.515. The van der Waals surface area contributed by atoms with Crippen LogP contribution in [-0.4, -0.2) is 6.04 Å². The van der Waals surface area contributed by atoms with Crippen LogP contribution in [0.4, 0.5) is 8.78 Å². The van der Waals surface area contributed by atoms with Gasteiger partial charge >= 0.3 is 0 Å². The third kappa shape index (κ3) is 3.03. The molecule has 2 rings (SSSR count). The smallest absolute Gasteiger partial charge is 0.130 e. The van der Waals surface area contributed by atoms with Crippen molar-refractivity contribution < 1.29 is 8.78 Å². The van der Waals surface area contributed by atoms with Crippen LogP contribution in [0.15, 0.2) is 18.2 Å². The van der Waals surface area contributed by atoms with E-state index in [0.29, 0.717) is 24.1 Å². The van der Waals surface area contributed by atoms with E-state index in [0.717, 1.165) is 6.07 Å². The minimum Gasteiger partial charge on any atom is -0.310 e. The van der Waals surface area contributed by atoms with Crippen LogP contribution in [0, 0.1) is 17.6 Å². The van der Waals surface area contributed by atoms with Crippen molar-refractivity contribution in [1.29, 1.82) is 0 Å². The molecule has 2 atom stereocenters. The van der Waals surface area contributed by atoms with Crippen LogP contribution in [0.1, 0.15) is 38.2 Å². The van der Waals surface area contributed by atoms with Crippen LogP contribution in [0.25, 0.3) is 0 Å². The van der Waals surface area contributed by atoms with E-state index in [4.69, 9.17) is 0 Å². The fraction of sp³-hybridized carbons (Fsp3) is 0.571. The zero-order valence-corrected chi connectivity index (χ0v) is 10.2. The molecular weight excluding hydrogens is 220 g/mol. The largest absolute Gasteiger partial charge is 0.310 e. The lowest BCUT2D eigenvalue weighted by molar-refractivity contribution is 0.386. The highest BCUT2D eigenvalue weighted by atomic mass is 19.1. The summed E-state index contributed by atoms with van der Waals surface area (Å²) in [4.78, 5) is 0. The maximum Gasteiger partial charge on any atom is 0.130 e. The van der Waals surface area contributed by atoms with Crippen molar-refractivity contribution in [2.24, 2.45) is 5.92 Å². The van der Waals surface area contributed by atoms with E-state index in [1.54, 1.807) is 0 Å². The maximum absolute atomic E-state index is 13.4. The van der Waals surface area contributed by atoms with Crippen molar-refractivity contribution in [3.8, 4) is 0 Å². The van der Waals surface area contributed by atoms with Crippen molar-refractivity contribution in [2.45, 2.75) is 45.2 Å². The molecule has 1 saturated carbocycles. The van der Waals surface area contributed by atoms with Gasteiger partial charge in [-0.25, -0.2) is 8.78 Å². The highest BCUT2D eigenvalue weighted by Crippen LogP contribution is 2.28. The van der Waals surface area contributed by atoms with Crippen LogP contribution < -0.4 is 5.32 Å². The highest BCUT2D eigenvalue weighted by Gasteiger charge is 2.25. The predicted molar refractivity (Wildman–Crippen MR) is 64.6 cm³/mol. The van der Waals surface area contributed by atoms with Crippen molar-refractivity contribution >= 4 is 0 Å². The van der Waals surface area contributed by atoms with Crippen LogP contribution in [0.5, 0.6) is 0 Å². The fourth-order valence-electron chi connectivity index (χ4n) is 2.70. The van der Waals surface area contributed by atoms with Gasteiger partial charge in [-0.15, -0.1) is 0 Å². The molecule has 94 valence electrons. The SMILES string of the molecule is CCC1CCCC1NCc1ccc(F)cc1F. The summed E-state index contributed by atoms with van der Waals surface area (Å²) in [5.74, 6) is -0.263. The van der Waals surface area contributed by atoms with Crippen molar-refractivity contribution in [3.63, 3.8) is 0 Å². The summed E-state index contributed by atoms with van der Waals surface area (Å²) >= 11 is 0. The molecule has 0 aliphatic heterocycles. The summed E-state index contributed by atoms with van der Waals surface area (Å²) in [6, 6.07) is 4.27. The van der Waals surface area contributed by atoms with Crippen LogP contribution >= 0.6 is 0 Å². The molecule has 1 fully saturated rings. The average molecular weight is 239 g/mol. The molecule has 0 bridgehead atoms. The van der Waals surface area contributed by atoms with E-state index in [1.807, 2.05) is 0 Å². The zero-order valence-electron chi connectivity index (χ0n) is 10.2. The second kappa shape index (κ2) is 5.58. The third-order valence-electron chi connectivity index (χ3n) is 3.75. The lowest BCUT2D eigenvalue weighted by atomic mass is 10.0. The van der Waals surface area contributed by atoms with Gasteiger partial charge in [0.25, 0.3) is 0 Å². The zero-order chi connectivity index (χ0) is 12.3. The van der Waals surface area contributed by atoms with E-state index in [-0.39, 0.29) is 0 Å². The number of benzene rings is 1. The second-order valence-electron chi connectivity index (χ2n) is 4.82. The summed E-state index contributed by atoms with van der Waals surface area (Å²) < 4.78 is 26.2. The first-order valence-electron chi connectivity index (χ1n) is 6.38. The molecule has 1 aromatic carbocycles. The molecule has 0 aromatic heterocycles. The quantitative estimate of drug-likeness (QED) is 0.846. The summed E-state index contributed by atoms with van der Waals surface area (Å²) in [5, 5.41) is 3.40. The Balaban J connectivity index is 1.93. The molecule has 1 aliphatic carbocycles. The van der Waals surface area contributed by atoms with E-state index < -0.39 is 11.6 Å². The molecule has 3 heteroatoms. The third-order valence-corrected chi connectivity index (χ3v) is 3.75. The number of hydrogen-bond acceptors (Lipinski definition) is 1. The number of nitrogens with one attached hydrogen (secondary N) is 1. The van der Waals surface area contributed by atoms with Crippen LogP contribution in [-0.2, 0) is 6.54 Å². The first-order valence-corrected chi connectivity index (χ1v) is 6.38. The second-order valence-corrected chi connectivity index (χ2v) is 4.82. The van der Waals surface area contributed by atoms with Gasteiger partial charge in [0.1, 0.15) is 11.6 Å². The normalized spacial score (nSPS) is 24.2. The van der Waals surface area contributed by atoms with Gasteiger partial charge in [-0.05, 0) is 24.8 Å². The number of halogens is 2. The number of rotatable bonds is 4. The molecular formula is C14H19F2N. The van der Waals surface area contributed by atoms with Crippen LogP contribution in [0.3, 0.4) is 0 Å². The molecule has 1 N–H and O–H groups in total. The topological polar surface area (TPSA) is 12.0 Å². The van der Waals surface area contributed by atoms with Gasteiger partial charge in [-0.1, -0.05) is 25.8 Å². The molecule has 0 heterocycles. The Kier molecular flexibility index (Phi) is 4.11. The van der Waals surface area contributed by atoms with E-state index in [1.165, 1.54) is 37.8 Å². The molecule has 0 saturated heterocycles. The first-order chi connectivity index (χ1) is 8.20. The minimum absolute atomic E-state index is 0.455. The van der Waals surface area contributed by atoms with Crippen molar-refractivity contribution in [2.75, 3.05) is 0 Å². The Labute approximate surface area is 101 Å². The maximum atomic E-state index is 13.4. The molecule has 1 aliphatic rings. The van der Waals surface area contributed by atoms with E-state index >= 15 is 0 Å². The Hall–Kier alpha value is -0.960. The fourth-order valence-corrected chi connectivity index (χ4v) is 2.70. The molecule has 0 radical (unpaired) electrons. The summed E-state index contributed by atoms with van der Waals surface area (Å²) in [6.07, 6.45) is 4.85. The molecule has 2 unspecified atom stereocenters. The molecule has 1 aromatic rings. The standard InChI is InChI=1S/C14H19F2N/c1-2-10-4-3-5-14(10)17-9-11-6-7-12(15)8-13(11)16/h6-8,10,14,17H,2-5,9H2,1H3. The van der Waals surface area contributed by atoms with Gasteiger partial charge in [-0.2, -0.15) is 0 Å². The predicted octanol–water partition coefficient (Wildman–Crippen LogP) is 3.63. The monoisotopic (exact) mass is 239 g/mol.